The molecule has 0 unspecified atom stereocenters. The first-order valence-corrected chi connectivity index (χ1v) is 8.64. The number of nitrogens with zero attached hydrogens (tertiary/aromatic N) is 1. The average molecular weight is 303 g/mol. The molecule has 5 heteroatoms. The van der Waals surface area contributed by atoms with Crippen molar-refractivity contribution < 1.29 is 4.79 Å². The lowest BCUT2D eigenvalue weighted by Gasteiger charge is -2.21. The molecule has 1 saturated carbocycles. The maximum Gasteiger partial charge on any atom is 0.227 e. The van der Waals surface area contributed by atoms with Gasteiger partial charge >= 0.3 is 0 Å². The van der Waals surface area contributed by atoms with Crippen molar-refractivity contribution in [2.45, 2.75) is 45.4 Å². The van der Waals surface area contributed by atoms with Crippen molar-refractivity contribution in [2.75, 3.05) is 5.32 Å². The van der Waals surface area contributed by atoms with Crippen LogP contribution in [0.4, 0.5) is 5.69 Å². The van der Waals surface area contributed by atoms with Crippen molar-refractivity contribution in [3.63, 3.8) is 0 Å². The third kappa shape index (κ3) is 3.02. The predicted molar refractivity (Wildman–Crippen MR) is 86.5 cm³/mol. The molecule has 0 saturated heterocycles. The third-order valence-electron chi connectivity index (χ3n) is 4.21. The van der Waals surface area contributed by atoms with E-state index in [2.05, 4.69) is 27.8 Å². The number of aromatic amines is 1. The van der Waals surface area contributed by atoms with Crippen molar-refractivity contribution >= 4 is 22.9 Å². The Labute approximate surface area is 129 Å². The van der Waals surface area contributed by atoms with Gasteiger partial charge in [-0.2, -0.15) is 16.4 Å². The molecule has 112 valence electrons. The number of aromatic nitrogens is 2. The quantitative estimate of drug-likeness (QED) is 0.888. The fourth-order valence-electron chi connectivity index (χ4n) is 2.97. The van der Waals surface area contributed by atoms with Crippen molar-refractivity contribution in [2.24, 2.45) is 5.92 Å². The van der Waals surface area contributed by atoms with Crippen LogP contribution in [0.25, 0.3) is 11.3 Å². The Balaban J connectivity index is 1.83. The predicted octanol–water partition coefficient (Wildman–Crippen LogP) is 4.22. The summed E-state index contributed by atoms with van der Waals surface area (Å²) in [5.74, 6) is 0.316. The van der Waals surface area contributed by atoms with E-state index in [1.165, 1.54) is 19.3 Å². The van der Waals surface area contributed by atoms with Gasteiger partial charge in [0.15, 0.2) is 0 Å². The van der Waals surface area contributed by atoms with Crippen LogP contribution < -0.4 is 5.32 Å². The zero-order chi connectivity index (χ0) is 14.7. The number of amides is 1. The second kappa shape index (κ2) is 6.43. The molecule has 2 aromatic heterocycles. The summed E-state index contributed by atoms with van der Waals surface area (Å²) in [5, 5.41) is 14.7. The Hall–Kier alpha value is -1.62. The first kappa shape index (κ1) is 14.3. The van der Waals surface area contributed by atoms with Gasteiger partial charge in [0.1, 0.15) is 5.69 Å². The van der Waals surface area contributed by atoms with Gasteiger partial charge in [0, 0.05) is 16.9 Å². The monoisotopic (exact) mass is 303 g/mol. The van der Waals surface area contributed by atoms with Crippen molar-refractivity contribution in [1.82, 2.24) is 10.2 Å². The van der Waals surface area contributed by atoms with Crippen LogP contribution in [0.1, 0.15) is 44.7 Å². The molecule has 0 bridgehead atoms. The van der Waals surface area contributed by atoms with Gasteiger partial charge in [0.25, 0.3) is 0 Å². The fourth-order valence-corrected chi connectivity index (χ4v) is 3.61. The van der Waals surface area contributed by atoms with Crippen LogP contribution in [0.3, 0.4) is 0 Å². The number of aryl methyl sites for hydroxylation is 1. The first-order chi connectivity index (χ1) is 10.3. The van der Waals surface area contributed by atoms with Gasteiger partial charge in [-0.15, -0.1) is 0 Å². The zero-order valence-electron chi connectivity index (χ0n) is 12.3. The lowest BCUT2D eigenvalue weighted by Crippen LogP contribution is -2.25. The van der Waals surface area contributed by atoms with Gasteiger partial charge in [0.2, 0.25) is 5.91 Å². The lowest BCUT2D eigenvalue weighted by molar-refractivity contribution is -0.120. The van der Waals surface area contributed by atoms with Crippen LogP contribution in [0.15, 0.2) is 16.8 Å². The second-order valence-corrected chi connectivity index (χ2v) is 6.40. The topological polar surface area (TPSA) is 57.8 Å². The van der Waals surface area contributed by atoms with Crippen LogP contribution in [0.5, 0.6) is 0 Å². The number of rotatable bonds is 4. The summed E-state index contributed by atoms with van der Waals surface area (Å²) in [5.41, 5.74) is 3.79. The van der Waals surface area contributed by atoms with E-state index in [9.17, 15) is 4.79 Å². The van der Waals surface area contributed by atoms with E-state index in [4.69, 9.17) is 0 Å². The van der Waals surface area contributed by atoms with E-state index in [1.807, 2.05) is 11.4 Å². The summed E-state index contributed by atoms with van der Waals surface area (Å²) in [7, 11) is 0. The summed E-state index contributed by atoms with van der Waals surface area (Å²) >= 11 is 1.64. The molecule has 0 radical (unpaired) electrons. The van der Waals surface area contributed by atoms with Crippen LogP contribution in [-0.2, 0) is 11.2 Å². The molecule has 2 N–H and O–H groups in total. The molecule has 3 rings (SSSR count). The van der Waals surface area contributed by atoms with E-state index in [-0.39, 0.29) is 11.8 Å². The number of carbonyl (C=O) groups excluding carboxylic acids is 1. The molecule has 21 heavy (non-hydrogen) atoms. The van der Waals surface area contributed by atoms with E-state index < -0.39 is 0 Å². The van der Waals surface area contributed by atoms with Gasteiger partial charge in [0.05, 0.1) is 11.4 Å². The number of anilines is 1. The zero-order valence-corrected chi connectivity index (χ0v) is 13.1. The molecule has 0 atom stereocenters. The molecule has 1 fully saturated rings. The number of hydrogen-bond acceptors (Lipinski definition) is 3. The average Bonchev–Trinajstić information content (AvgIpc) is 3.17. The minimum absolute atomic E-state index is 0.155. The Morgan fingerprint density at radius 2 is 2.24 bits per heavy atom. The molecule has 0 aliphatic heterocycles. The molecule has 0 spiro atoms. The molecule has 2 aromatic rings. The summed E-state index contributed by atoms with van der Waals surface area (Å²) in [6.07, 6.45) is 6.45. The van der Waals surface area contributed by atoms with E-state index in [0.29, 0.717) is 0 Å². The Morgan fingerprint density at radius 3 is 2.90 bits per heavy atom. The molecule has 1 aliphatic carbocycles. The fraction of sp³-hybridized carbons (Fsp3) is 0.500. The maximum absolute atomic E-state index is 12.5. The highest BCUT2D eigenvalue weighted by Crippen LogP contribution is 2.32. The molecule has 2 heterocycles. The van der Waals surface area contributed by atoms with Crippen molar-refractivity contribution in [3.05, 3.63) is 22.5 Å². The standard InChI is InChI=1S/C16H21N3OS/c1-2-13-15(14(19-18-13)12-8-9-21-10-12)17-16(20)11-6-4-3-5-7-11/h8-11H,2-7H2,1H3,(H,17,20)(H,18,19). The smallest absolute Gasteiger partial charge is 0.227 e. The van der Waals surface area contributed by atoms with E-state index in [0.717, 1.165) is 41.9 Å². The van der Waals surface area contributed by atoms with Gasteiger partial charge in [-0.3, -0.25) is 9.89 Å². The number of thiophene rings is 1. The lowest BCUT2D eigenvalue weighted by atomic mass is 9.88. The molecule has 4 nitrogen and oxygen atoms in total. The summed E-state index contributed by atoms with van der Waals surface area (Å²) in [4.78, 5) is 12.5. The SMILES string of the molecule is CCc1[nH]nc(-c2ccsc2)c1NC(=O)C1CCCCC1. The number of nitrogens with one attached hydrogen (secondary N) is 2. The van der Waals surface area contributed by atoms with Crippen molar-refractivity contribution in [3.8, 4) is 11.3 Å². The third-order valence-corrected chi connectivity index (χ3v) is 4.90. The van der Waals surface area contributed by atoms with E-state index in [1.54, 1.807) is 11.3 Å². The van der Waals surface area contributed by atoms with Crippen LogP contribution in [-0.4, -0.2) is 16.1 Å². The van der Waals surface area contributed by atoms with Gasteiger partial charge in [-0.05, 0) is 30.7 Å². The highest BCUT2D eigenvalue weighted by atomic mass is 32.1. The Morgan fingerprint density at radius 1 is 1.43 bits per heavy atom. The number of hydrogen-bond donors (Lipinski definition) is 2. The van der Waals surface area contributed by atoms with Crippen LogP contribution in [0.2, 0.25) is 0 Å². The summed E-state index contributed by atoms with van der Waals surface area (Å²) in [6.45, 7) is 2.07. The maximum atomic E-state index is 12.5. The largest absolute Gasteiger partial charge is 0.322 e. The normalized spacial score (nSPS) is 16.0. The van der Waals surface area contributed by atoms with Gasteiger partial charge < -0.3 is 5.32 Å². The second-order valence-electron chi connectivity index (χ2n) is 5.62. The van der Waals surface area contributed by atoms with Crippen LogP contribution in [0, 0.1) is 5.92 Å². The highest BCUT2D eigenvalue weighted by molar-refractivity contribution is 7.08. The molecule has 1 aliphatic rings. The summed E-state index contributed by atoms with van der Waals surface area (Å²) < 4.78 is 0. The van der Waals surface area contributed by atoms with Gasteiger partial charge in [-0.1, -0.05) is 26.2 Å². The molecule has 1 amide bonds. The number of H-pyrrole nitrogens is 1. The van der Waals surface area contributed by atoms with E-state index >= 15 is 0 Å². The first-order valence-electron chi connectivity index (χ1n) is 7.70. The Kier molecular flexibility index (Phi) is 4.39. The van der Waals surface area contributed by atoms with Gasteiger partial charge in [-0.25, -0.2) is 0 Å². The summed E-state index contributed by atoms with van der Waals surface area (Å²) in [6, 6.07) is 2.04. The number of carbonyl (C=O) groups is 1. The molecular formula is C16H21N3OS. The minimum Gasteiger partial charge on any atom is -0.322 e. The highest BCUT2D eigenvalue weighted by Gasteiger charge is 2.24. The molecule has 0 aromatic carbocycles. The molecular weight excluding hydrogens is 282 g/mol. The Bertz CT molecular complexity index is 597. The van der Waals surface area contributed by atoms with Crippen molar-refractivity contribution in [1.29, 1.82) is 0 Å². The minimum atomic E-state index is 0.155. The van der Waals surface area contributed by atoms with Crippen LogP contribution >= 0.6 is 11.3 Å².